The number of methoxy groups -OCH3 is 1. The smallest absolute Gasteiger partial charge is 0.377 e. The van der Waals surface area contributed by atoms with Gasteiger partial charge >= 0.3 is 5.97 Å². The quantitative estimate of drug-likeness (QED) is 0.373. The van der Waals surface area contributed by atoms with Crippen LogP contribution in [0.1, 0.15) is 10.4 Å². The van der Waals surface area contributed by atoms with E-state index in [1.165, 1.54) is 12.1 Å². The van der Waals surface area contributed by atoms with Crippen molar-refractivity contribution in [3.8, 4) is 17.2 Å². The number of carboxylic acids is 1. The predicted molar refractivity (Wildman–Crippen MR) is 99.9 cm³/mol. The number of hydrogen-bond acceptors (Lipinski definition) is 5. The van der Waals surface area contributed by atoms with Gasteiger partial charge in [0.15, 0.2) is 0 Å². The monoisotopic (exact) mass is 366 g/mol. The van der Waals surface area contributed by atoms with Crippen molar-refractivity contribution in [2.24, 2.45) is 0 Å². The van der Waals surface area contributed by atoms with Gasteiger partial charge in [0.05, 0.1) is 7.11 Å². The minimum absolute atomic E-state index is 0.110. The molecule has 0 aliphatic rings. The number of rotatable bonds is 8. The zero-order valence-corrected chi connectivity index (χ0v) is 14.7. The highest BCUT2D eigenvalue weighted by Gasteiger charge is 2.13. The molecule has 3 rings (SSSR count). The van der Waals surface area contributed by atoms with Crippen LogP contribution >= 0.6 is 0 Å². The van der Waals surface area contributed by atoms with Gasteiger partial charge in [0.1, 0.15) is 30.5 Å². The number of aliphatic carboxylic acids is 1. The molecule has 138 valence electrons. The average Bonchev–Trinajstić information content (AvgIpc) is 2.70. The van der Waals surface area contributed by atoms with E-state index in [0.29, 0.717) is 19.0 Å². The molecule has 0 amide bonds. The third-order valence-corrected chi connectivity index (χ3v) is 3.95. The Morgan fingerprint density at radius 1 is 0.778 bits per heavy atom. The lowest BCUT2D eigenvalue weighted by Crippen LogP contribution is -2.12. The second-order valence-electron chi connectivity index (χ2n) is 5.73. The highest BCUT2D eigenvalue weighted by Crippen LogP contribution is 2.24. The maximum absolute atomic E-state index is 11.3. The van der Waals surface area contributed by atoms with Crippen LogP contribution in [0, 0.1) is 0 Å². The number of ketones is 1. The number of carbonyl (C=O) groups is 2. The van der Waals surface area contributed by atoms with Crippen molar-refractivity contribution in [3.05, 3.63) is 66.2 Å². The summed E-state index contributed by atoms with van der Waals surface area (Å²) in [6, 6.07) is 17.6. The van der Waals surface area contributed by atoms with Gasteiger partial charge in [-0.05, 0) is 59.3 Å². The molecule has 0 bridgehead atoms. The fraction of sp³-hybridized carbons (Fsp3) is 0.143. The first kappa shape index (κ1) is 18.3. The van der Waals surface area contributed by atoms with Crippen molar-refractivity contribution in [1.29, 1.82) is 0 Å². The summed E-state index contributed by atoms with van der Waals surface area (Å²) in [7, 11) is 1.64. The van der Waals surface area contributed by atoms with Crippen LogP contribution in [0.25, 0.3) is 10.8 Å². The molecule has 0 aliphatic carbocycles. The van der Waals surface area contributed by atoms with Gasteiger partial charge in [0.25, 0.3) is 5.78 Å². The summed E-state index contributed by atoms with van der Waals surface area (Å²) in [5, 5.41) is 10.8. The Morgan fingerprint density at radius 3 is 1.89 bits per heavy atom. The molecule has 0 saturated heterocycles. The molecule has 0 fully saturated rings. The van der Waals surface area contributed by atoms with Crippen LogP contribution in [0.4, 0.5) is 0 Å². The van der Waals surface area contributed by atoms with E-state index in [4.69, 9.17) is 19.3 Å². The zero-order valence-electron chi connectivity index (χ0n) is 14.7. The van der Waals surface area contributed by atoms with Crippen molar-refractivity contribution >= 4 is 22.5 Å². The molecule has 0 heterocycles. The maximum Gasteiger partial charge on any atom is 0.377 e. The minimum atomic E-state index is -1.48. The van der Waals surface area contributed by atoms with E-state index in [1.807, 2.05) is 36.4 Å². The van der Waals surface area contributed by atoms with Crippen LogP contribution in [-0.4, -0.2) is 37.2 Å². The van der Waals surface area contributed by atoms with Gasteiger partial charge in [-0.25, -0.2) is 4.79 Å². The Labute approximate surface area is 155 Å². The van der Waals surface area contributed by atoms with E-state index in [0.717, 1.165) is 22.3 Å². The van der Waals surface area contributed by atoms with Gasteiger partial charge in [-0.1, -0.05) is 12.1 Å². The van der Waals surface area contributed by atoms with Gasteiger partial charge in [0.2, 0.25) is 0 Å². The SMILES string of the molecule is COc1ccc2cc(OCCOc3ccc(C(=O)C(=O)O)cc3)ccc2c1. The summed E-state index contributed by atoms with van der Waals surface area (Å²) >= 11 is 0. The van der Waals surface area contributed by atoms with Crippen molar-refractivity contribution in [3.63, 3.8) is 0 Å². The lowest BCUT2D eigenvalue weighted by Gasteiger charge is -2.10. The molecule has 0 unspecified atom stereocenters. The normalized spacial score (nSPS) is 10.4. The van der Waals surface area contributed by atoms with Crippen LogP contribution in [0.5, 0.6) is 17.2 Å². The van der Waals surface area contributed by atoms with Gasteiger partial charge < -0.3 is 19.3 Å². The fourth-order valence-corrected chi connectivity index (χ4v) is 2.56. The molecule has 1 N–H and O–H groups in total. The molecule has 0 spiro atoms. The molecule has 27 heavy (non-hydrogen) atoms. The van der Waals surface area contributed by atoms with Gasteiger partial charge in [-0.2, -0.15) is 0 Å². The summed E-state index contributed by atoms with van der Waals surface area (Å²) in [4.78, 5) is 22.0. The second kappa shape index (κ2) is 8.23. The highest BCUT2D eigenvalue weighted by molar-refractivity contribution is 6.39. The lowest BCUT2D eigenvalue weighted by molar-refractivity contribution is -0.131. The molecule has 3 aromatic carbocycles. The van der Waals surface area contributed by atoms with E-state index >= 15 is 0 Å². The largest absolute Gasteiger partial charge is 0.497 e. The van der Waals surface area contributed by atoms with Crippen LogP contribution in [0.15, 0.2) is 60.7 Å². The Balaban J connectivity index is 1.52. The van der Waals surface area contributed by atoms with Crippen molar-refractivity contribution in [2.45, 2.75) is 0 Å². The standard InChI is InChI=1S/C21H18O6/c1-25-18-8-4-16-13-19(9-5-15(16)12-18)27-11-10-26-17-6-2-14(3-7-17)20(22)21(23)24/h2-9,12-13H,10-11H2,1H3,(H,23,24). The second-order valence-corrected chi connectivity index (χ2v) is 5.73. The summed E-state index contributed by atoms with van der Waals surface area (Å²) in [5.41, 5.74) is 0.110. The molecule has 0 aromatic heterocycles. The van der Waals surface area contributed by atoms with E-state index in [9.17, 15) is 9.59 Å². The number of carboxylic acid groups (broad SMARTS) is 1. The molecule has 6 heteroatoms. The first-order valence-corrected chi connectivity index (χ1v) is 8.28. The number of carbonyl (C=O) groups excluding carboxylic acids is 1. The van der Waals surface area contributed by atoms with Crippen molar-refractivity contribution < 1.29 is 28.9 Å². The number of ether oxygens (including phenoxy) is 3. The first-order valence-electron chi connectivity index (χ1n) is 8.28. The Hall–Kier alpha value is -3.54. The van der Waals surface area contributed by atoms with Crippen LogP contribution < -0.4 is 14.2 Å². The van der Waals surface area contributed by atoms with Crippen LogP contribution in [-0.2, 0) is 4.79 Å². The molecule has 0 radical (unpaired) electrons. The average molecular weight is 366 g/mol. The topological polar surface area (TPSA) is 82.1 Å². The molecule has 3 aromatic rings. The molecule has 0 aliphatic heterocycles. The van der Waals surface area contributed by atoms with Crippen LogP contribution in [0.3, 0.4) is 0 Å². The third-order valence-electron chi connectivity index (χ3n) is 3.95. The highest BCUT2D eigenvalue weighted by atomic mass is 16.5. The molecular formula is C21H18O6. The van der Waals surface area contributed by atoms with Gasteiger partial charge in [0, 0.05) is 5.56 Å². The zero-order chi connectivity index (χ0) is 19.2. The third kappa shape index (κ3) is 4.55. The maximum atomic E-state index is 11.3. The number of benzene rings is 3. The van der Waals surface area contributed by atoms with Crippen molar-refractivity contribution in [2.75, 3.05) is 20.3 Å². The fourth-order valence-electron chi connectivity index (χ4n) is 2.56. The van der Waals surface area contributed by atoms with Gasteiger partial charge in [-0.15, -0.1) is 0 Å². The summed E-state index contributed by atoms with van der Waals surface area (Å²) in [5.74, 6) is -0.352. The summed E-state index contributed by atoms with van der Waals surface area (Å²) in [6.45, 7) is 0.657. The number of fused-ring (bicyclic) bond motifs is 1. The minimum Gasteiger partial charge on any atom is -0.497 e. The first-order chi connectivity index (χ1) is 13.1. The number of hydrogen-bond donors (Lipinski definition) is 1. The van der Waals surface area contributed by atoms with Crippen LogP contribution in [0.2, 0.25) is 0 Å². The molecule has 6 nitrogen and oxygen atoms in total. The molecule has 0 atom stereocenters. The molecule has 0 saturated carbocycles. The van der Waals surface area contributed by atoms with Gasteiger partial charge in [-0.3, -0.25) is 4.79 Å². The predicted octanol–water partition coefficient (Wildman–Crippen LogP) is 3.57. The lowest BCUT2D eigenvalue weighted by atomic mass is 10.1. The van der Waals surface area contributed by atoms with Crippen molar-refractivity contribution in [1.82, 2.24) is 0 Å². The Bertz CT molecular complexity index is 962. The summed E-state index contributed by atoms with van der Waals surface area (Å²) < 4.78 is 16.4. The molecular weight excluding hydrogens is 348 g/mol. The van der Waals surface area contributed by atoms with E-state index < -0.39 is 11.8 Å². The van der Waals surface area contributed by atoms with E-state index in [-0.39, 0.29) is 5.56 Å². The Kier molecular flexibility index (Phi) is 5.56. The van der Waals surface area contributed by atoms with E-state index in [2.05, 4.69) is 0 Å². The Morgan fingerprint density at radius 2 is 1.30 bits per heavy atom. The number of Topliss-reactive ketones (excluding diaryl/α,β-unsaturated/α-hetero) is 1. The summed E-state index contributed by atoms with van der Waals surface area (Å²) in [6.07, 6.45) is 0. The van der Waals surface area contributed by atoms with E-state index in [1.54, 1.807) is 19.2 Å².